The smallest absolute Gasteiger partial charge is 0.205 e. The first-order valence-electron chi connectivity index (χ1n) is 8.58. The molecule has 2 atom stereocenters. The summed E-state index contributed by atoms with van der Waals surface area (Å²) in [6, 6.07) is 1.74. The van der Waals surface area contributed by atoms with Crippen molar-refractivity contribution in [1.29, 1.82) is 0 Å². The Morgan fingerprint density at radius 2 is 2.04 bits per heavy atom. The van der Waals surface area contributed by atoms with Crippen LogP contribution in [0.5, 0.6) is 0 Å². The van der Waals surface area contributed by atoms with Crippen LogP contribution >= 0.6 is 0 Å². The van der Waals surface area contributed by atoms with Gasteiger partial charge in [-0.05, 0) is 19.9 Å². The van der Waals surface area contributed by atoms with Gasteiger partial charge in [0.05, 0.1) is 36.2 Å². The number of halogens is 1. The summed E-state index contributed by atoms with van der Waals surface area (Å²) in [6.07, 6.45) is 3.37. The number of fused-ring (bicyclic) bond motifs is 1. The number of hydrogen-bond acceptors (Lipinski definition) is 6. The summed E-state index contributed by atoms with van der Waals surface area (Å²) >= 11 is 0. The van der Waals surface area contributed by atoms with E-state index < -0.39 is 5.82 Å². The van der Waals surface area contributed by atoms with Crippen LogP contribution in [0, 0.1) is 5.82 Å². The number of anilines is 1. The molecule has 0 radical (unpaired) electrons. The van der Waals surface area contributed by atoms with Gasteiger partial charge in [-0.25, -0.2) is 9.37 Å². The molecule has 1 N–H and O–H groups in total. The van der Waals surface area contributed by atoms with Gasteiger partial charge < -0.3 is 23.8 Å². The quantitative estimate of drug-likeness (QED) is 0.773. The molecular weight excluding hydrogens is 339 g/mol. The van der Waals surface area contributed by atoms with Crippen molar-refractivity contribution in [2.45, 2.75) is 32.7 Å². The Balaban J connectivity index is 1.86. The van der Waals surface area contributed by atoms with Crippen molar-refractivity contribution in [1.82, 2.24) is 14.7 Å². The van der Waals surface area contributed by atoms with Crippen molar-refractivity contribution in [3.8, 4) is 11.4 Å². The summed E-state index contributed by atoms with van der Waals surface area (Å²) in [7, 11) is 1.84. The van der Waals surface area contributed by atoms with E-state index in [0.29, 0.717) is 41.1 Å². The van der Waals surface area contributed by atoms with Gasteiger partial charge in [0.2, 0.25) is 5.58 Å². The summed E-state index contributed by atoms with van der Waals surface area (Å²) in [5, 5.41) is 14.4. The maximum atomic E-state index is 15.3. The minimum atomic E-state index is -0.512. The topological polar surface area (TPSA) is 76.5 Å². The number of benzene rings is 1. The highest BCUT2D eigenvalue weighted by Gasteiger charge is 2.29. The molecule has 8 heteroatoms. The van der Waals surface area contributed by atoms with Crippen molar-refractivity contribution < 1.29 is 18.8 Å². The van der Waals surface area contributed by atoms with Crippen LogP contribution < -0.4 is 4.90 Å². The summed E-state index contributed by atoms with van der Waals surface area (Å²) in [4.78, 5) is 6.16. The third-order valence-corrected chi connectivity index (χ3v) is 4.61. The summed E-state index contributed by atoms with van der Waals surface area (Å²) < 4.78 is 28.2. The largest absolute Gasteiger partial charge is 0.392 e. The molecule has 138 valence electrons. The molecule has 0 amide bonds. The zero-order valence-electron chi connectivity index (χ0n) is 14.9. The second-order valence-electron chi connectivity index (χ2n) is 6.85. The van der Waals surface area contributed by atoms with Gasteiger partial charge in [-0.3, -0.25) is 0 Å². The standard InChI is InChI=1S/C18H21FN4O3/c1-10-5-23(6-11(2)25-10)17-12(8-24)4-13-16(14-7-22(3)9-20-14)21-26-18(13)15(17)19/h4,7,9-11,24H,5-6,8H2,1-3H3/t10-,11+. The molecule has 0 spiro atoms. The molecule has 0 aliphatic carbocycles. The minimum Gasteiger partial charge on any atom is -0.392 e. The molecule has 1 aliphatic rings. The molecule has 7 nitrogen and oxygen atoms in total. The van der Waals surface area contributed by atoms with Gasteiger partial charge in [0.15, 0.2) is 5.82 Å². The first-order valence-corrected chi connectivity index (χ1v) is 8.58. The van der Waals surface area contributed by atoms with Crippen molar-refractivity contribution in [2.24, 2.45) is 7.05 Å². The number of aliphatic hydroxyl groups is 1. The molecular formula is C18H21FN4O3. The molecule has 0 saturated carbocycles. The number of aromatic nitrogens is 3. The Labute approximate surface area is 150 Å². The van der Waals surface area contributed by atoms with Gasteiger partial charge >= 0.3 is 0 Å². The fourth-order valence-corrected chi connectivity index (χ4v) is 3.62. The van der Waals surface area contributed by atoms with Gasteiger partial charge in [-0.2, -0.15) is 0 Å². The molecule has 0 unspecified atom stereocenters. The van der Waals surface area contributed by atoms with E-state index in [0.717, 1.165) is 0 Å². The van der Waals surface area contributed by atoms with E-state index in [1.54, 1.807) is 23.2 Å². The second kappa shape index (κ2) is 6.37. The van der Waals surface area contributed by atoms with Gasteiger partial charge in [0, 0.05) is 31.9 Å². The third-order valence-electron chi connectivity index (χ3n) is 4.61. The van der Waals surface area contributed by atoms with E-state index in [1.165, 1.54) is 0 Å². The van der Waals surface area contributed by atoms with Crippen molar-refractivity contribution >= 4 is 16.7 Å². The van der Waals surface area contributed by atoms with Gasteiger partial charge in [-0.15, -0.1) is 0 Å². The van der Waals surface area contributed by atoms with Crippen LogP contribution in [-0.2, 0) is 18.4 Å². The molecule has 1 saturated heterocycles. The number of ether oxygens (including phenoxy) is 1. The Hall–Kier alpha value is -2.45. The Bertz CT molecular complexity index is 941. The fraction of sp³-hybridized carbons (Fsp3) is 0.444. The summed E-state index contributed by atoms with van der Waals surface area (Å²) in [5.41, 5.74) is 1.98. The lowest BCUT2D eigenvalue weighted by Gasteiger charge is -2.37. The Morgan fingerprint density at radius 1 is 1.31 bits per heavy atom. The van der Waals surface area contributed by atoms with Crippen LogP contribution in [0.4, 0.5) is 10.1 Å². The van der Waals surface area contributed by atoms with E-state index in [-0.39, 0.29) is 24.4 Å². The predicted molar refractivity (Wildman–Crippen MR) is 94.3 cm³/mol. The minimum absolute atomic E-state index is 0.0285. The third kappa shape index (κ3) is 2.75. The number of rotatable bonds is 3. The molecule has 1 aromatic carbocycles. The lowest BCUT2D eigenvalue weighted by atomic mass is 10.0. The van der Waals surface area contributed by atoms with Crippen LogP contribution in [-0.4, -0.2) is 45.1 Å². The van der Waals surface area contributed by atoms with Gasteiger partial charge in [-0.1, -0.05) is 5.16 Å². The second-order valence-corrected chi connectivity index (χ2v) is 6.85. The zero-order valence-corrected chi connectivity index (χ0v) is 14.9. The number of aryl methyl sites for hydroxylation is 1. The van der Waals surface area contributed by atoms with Crippen LogP contribution in [0.2, 0.25) is 0 Å². The first kappa shape index (κ1) is 17.0. The number of nitrogens with zero attached hydrogens (tertiary/aromatic N) is 4. The normalized spacial score (nSPS) is 20.9. The Morgan fingerprint density at radius 3 is 2.65 bits per heavy atom. The average molecular weight is 360 g/mol. The fourth-order valence-electron chi connectivity index (χ4n) is 3.62. The number of morpholine rings is 1. The maximum Gasteiger partial charge on any atom is 0.205 e. The van der Waals surface area contributed by atoms with Crippen LogP contribution in [0.15, 0.2) is 23.1 Å². The highest BCUT2D eigenvalue weighted by atomic mass is 19.1. The molecule has 1 fully saturated rings. The van der Waals surface area contributed by atoms with Gasteiger partial charge in [0.1, 0.15) is 11.4 Å². The highest BCUT2D eigenvalue weighted by molar-refractivity contribution is 5.94. The van der Waals surface area contributed by atoms with E-state index >= 15 is 4.39 Å². The average Bonchev–Trinajstić information content (AvgIpc) is 3.19. The zero-order chi connectivity index (χ0) is 18.4. The van der Waals surface area contributed by atoms with Crippen molar-refractivity contribution in [2.75, 3.05) is 18.0 Å². The predicted octanol–water partition coefficient (Wildman–Crippen LogP) is 2.47. The maximum absolute atomic E-state index is 15.3. The van der Waals surface area contributed by atoms with E-state index in [2.05, 4.69) is 10.1 Å². The van der Waals surface area contributed by atoms with Crippen molar-refractivity contribution in [3.63, 3.8) is 0 Å². The monoisotopic (exact) mass is 360 g/mol. The first-order chi connectivity index (χ1) is 12.5. The highest BCUT2D eigenvalue weighted by Crippen LogP contribution is 2.37. The molecule has 4 rings (SSSR count). The molecule has 1 aliphatic heterocycles. The van der Waals surface area contributed by atoms with E-state index in [1.807, 2.05) is 25.8 Å². The number of hydrogen-bond donors (Lipinski definition) is 1. The van der Waals surface area contributed by atoms with Crippen LogP contribution in [0.3, 0.4) is 0 Å². The molecule has 0 bridgehead atoms. The molecule has 3 aromatic rings. The van der Waals surface area contributed by atoms with Crippen molar-refractivity contribution in [3.05, 3.63) is 30.0 Å². The van der Waals surface area contributed by atoms with E-state index in [4.69, 9.17) is 9.26 Å². The van der Waals surface area contributed by atoms with E-state index in [9.17, 15) is 5.11 Å². The Kier molecular flexibility index (Phi) is 4.16. The molecule has 3 heterocycles. The van der Waals surface area contributed by atoms with Crippen LogP contribution in [0.25, 0.3) is 22.4 Å². The molecule has 26 heavy (non-hydrogen) atoms. The lowest BCUT2D eigenvalue weighted by Crippen LogP contribution is -2.46. The summed E-state index contributed by atoms with van der Waals surface area (Å²) in [5.74, 6) is -0.512. The van der Waals surface area contributed by atoms with Crippen LogP contribution in [0.1, 0.15) is 19.4 Å². The molecule has 2 aromatic heterocycles. The summed E-state index contributed by atoms with van der Waals surface area (Å²) in [6.45, 7) is 4.70. The SMILES string of the molecule is C[C@@H]1CN(c2c(CO)cc3c(-c4cn(C)cn4)noc3c2F)C[C@H](C)O1. The lowest BCUT2D eigenvalue weighted by molar-refractivity contribution is -0.00549. The van der Waals surface area contributed by atoms with Gasteiger partial charge in [0.25, 0.3) is 0 Å². The number of aliphatic hydroxyl groups excluding tert-OH is 1. The number of imidazole rings is 1.